The van der Waals surface area contributed by atoms with Crippen molar-refractivity contribution in [3.05, 3.63) is 85.1 Å². The maximum atomic E-state index is 12.2. The molecule has 0 radical (unpaired) electrons. The van der Waals surface area contributed by atoms with Gasteiger partial charge in [-0.05, 0) is 70.6 Å². The second-order valence-corrected chi connectivity index (χ2v) is 15.5. The van der Waals surface area contributed by atoms with Crippen LogP contribution in [-0.4, -0.2) is 36.4 Å². The molecule has 0 saturated heterocycles. The smallest absolute Gasteiger partial charge is 0.306 e. The Morgan fingerprint density at radius 2 is 0.754 bits per heavy atom. The van der Waals surface area contributed by atoms with E-state index in [0.717, 1.165) is 83.5 Å². The highest BCUT2D eigenvalue weighted by atomic mass is 16.6. The number of carbonyl (C=O) groups excluding carboxylic acids is 2. The van der Waals surface area contributed by atoms with Gasteiger partial charge in [0, 0.05) is 12.8 Å². The highest BCUT2D eigenvalue weighted by Crippen LogP contribution is 2.14. The van der Waals surface area contributed by atoms with Crippen molar-refractivity contribution < 1.29 is 24.2 Å². The number of aliphatic hydroxyl groups excluding tert-OH is 1. The highest BCUT2D eigenvalue weighted by molar-refractivity contribution is 5.70. The van der Waals surface area contributed by atoms with Crippen LogP contribution in [-0.2, 0) is 19.1 Å². The Morgan fingerprint density at radius 1 is 0.421 bits per heavy atom. The predicted octanol–water partition coefficient (Wildman–Crippen LogP) is 15.5. The Bertz CT molecular complexity index is 1080. The summed E-state index contributed by atoms with van der Waals surface area (Å²) in [5.41, 5.74) is 0. The van der Waals surface area contributed by atoms with Gasteiger partial charge in [0.1, 0.15) is 6.61 Å². The Kier molecular flexibility index (Phi) is 45.0. The highest BCUT2D eigenvalue weighted by Gasteiger charge is 2.16. The van der Waals surface area contributed by atoms with Gasteiger partial charge in [0.2, 0.25) is 0 Å². The summed E-state index contributed by atoms with van der Waals surface area (Å²) in [6.45, 7) is 4.00. The van der Waals surface area contributed by atoms with E-state index in [-0.39, 0.29) is 25.2 Å². The zero-order valence-electron chi connectivity index (χ0n) is 37.1. The Hall–Kier alpha value is -2.92. The van der Waals surface area contributed by atoms with E-state index in [1.807, 2.05) is 0 Å². The number of hydrogen-bond donors (Lipinski definition) is 1. The molecular weight excluding hydrogens is 705 g/mol. The largest absolute Gasteiger partial charge is 0.462 e. The van der Waals surface area contributed by atoms with Crippen LogP contribution in [0.15, 0.2) is 85.1 Å². The second-order valence-electron chi connectivity index (χ2n) is 15.5. The molecule has 0 aliphatic carbocycles. The quantitative estimate of drug-likeness (QED) is 0.0379. The summed E-state index contributed by atoms with van der Waals surface area (Å²) in [6, 6.07) is 0. The molecule has 57 heavy (non-hydrogen) atoms. The molecule has 0 fully saturated rings. The van der Waals surface area contributed by atoms with Crippen LogP contribution in [0, 0.1) is 0 Å². The molecule has 0 heterocycles. The van der Waals surface area contributed by atoms with Crippen molar-refractivity contribution in [2.24, 2.45) is 0 Å². The fraction of sp³-hybridized carbons (Fsp3) is 0.692. The van der Waals surface area contributed by atoms with Gasteiger partial charge in [-0.25, -0.2) is 0 Å². The maximum Gasteiger partial charge on any atom is 0.306 e. The van der Waals surface area contributed by atoms with E-state index < -0.39 is 6.10 Å². The molecule has 0 aliphatic rings. The fourth-order valence-corrected chi connectivity index (χ4v) is 6.42. The summed E-state index contributed by atoms with van der Waals surface area (Å²) in [4.78, 5) is 24.3. The second kappa shape index (κ2) is 47.5. The van der Waals surface area contributed by atoms with Gasteiger partial charge in [0.15, 0.2) is 6.10 Å². The number of aliphatic hydroxyl groups is 1. The first-order chi connectivity index (χ1) is 28.1. The van der Waals surface area contributed by atoms with Crippen molar-refractivity contribution in [1.82, 2.24) is 0 Å². The topological polar surface area (TPSA) is 72.8 Å². The van der Waals surface area contributed by atoms with Crippen LogP contribution in [0.25, 0.3) is 0 Å². The molecule has 0 bridgehead atoms. The monoisotopic (exact) mass is 793 g/mol. The number of hydrogen-bond acceptors (Lipinski definition) is 5. The van der Waals surface area contributed by atoms with Crippen LogP contribution in [0.1, 0.15) is 213 Å². The zero-order valence-corrected chi connectivity index (χ0v) is 37.1. The molecule has 1 atom stereocenters. The molecule has 326 valence electrons. The van der Waals surface area contributed by atoms with E-state index in [4.69, 9.17) is 9.47 Å². The van der Waals surface area contributed by atoms with Crippen LogP contribution < -0.4 is 0 Å². The lowest BCUT2D eigenvalue weighted by Crippen LogP contribution is -2.28. The first-order valence-electron chi connectivity index (χ1n) is 23.6. The summed E-state index contributed by atoms with van der Waals surface area (Å²) in [6.07, 6.45) is 65.3. The number of rotatable bonds is 42. The summed E-state index contributed by atoms with van der Waals surface area (Å²) < 4.78 is 10.6. The molecule has 0 aromatic carbocycles. The van der Waals surface area contributed by atoms with Crippen molar-refractivity contribution >= 4 is 11.9 Å². The van der Waals surface area contributed by atoms with Gasteiger partial charge in [-0.1, -0.05) is 214 Å². The van der Waals surface area contributed by atoms with Gasteiger partial charge < -0.3 is 14.6 Å². The molecule has 0 rings (SSSR count). The number of allylic oxidation sites excluding steroid dienone is 14. The van der Waals surface area contributed by atoms with Crippen molar-refractivity contribution in [3.8, 4) is 0 Å². The van der Waals surface area contributed by atoms with E-state index in [9.17, 15) is 14.7 Å². The van der Waals surface area contributed by atoms with Gasteiger partial charge in [0.25, 0.3) is 0 Å². The molecule has 0 saturated carbocycles. The first-order valence-corrected chi connectivity index (χ1v) is 23.6. The molecule has 0 aromatic heterocycles. The normalized spacial score (nSPS) is 13.0. The van der Waals surface area contributed by atoms with Crippen LogP contribution in [0.3, 0.4) is 0 Å². The summed E-state index contributed by atoms with van der Waals surface area (Å²) in [5.74, 6) is -0.597. The standard InChI is InChI=1S/C52H88O5/c1-3-5-7-9-11-13-15-16-17-18-19-20-21-22-23-24-25-26-27-28-29-30-31-32-33-34-35-36-37-39-41-43-45-47-52(55)57-50(48-53)49-56-51(54)46-44-42-40-38-14-12-10-8-6-4-2/h5,7,11,13,16-17,19-20,22-23,25-26,28-29,50,53H,3-4,6,8-10,12,14-15,18,21,24,27,30-49H2,1-2H3/b7-5-,13-11-,17-16-,20-19-,23-22-,26-25-,29-28-. The average molecular weight is 793 g/mol. The van der Waals surface area contributed by atoms with Gasteiger partial charge >= 0.3 is 11.9 Å². The maximum absolute atomic E-state index is 12.2. The Morgan fingerprint density at radius 3 is 1.14 bits per heavy atom. The first kappa shape index (κ1) is 54.1. The summed E-state index contributed by atoms with van der Waals surface area (Å²) >= 11 is 0. The van der Waals surface area contributed by atoms with E-state index in [2.05, 4.69) is 98.9 Å². The molecule has 5 nitrogen and oxygen atoms in total. The molecular formula is C52H88O5. The predicted molar refractivity (Wildman–Crippen MR) is 246 cm³/mol. The van der Waals surface area contributed by atoms with Crippen LogP contribution >= 0.6 is 0 Å². The lowest BCUT2D eigenvalue weighted by Gasteiger charge is -2.15. The van der Waals surface area contributed by atoms with E-state index in [1.165, 1.54) is 103 Å². The summed E-state index contributed by atoms with van der Waals surface area (Å²) in [7, 11) is 0. The molecule has 0 amide bonds. The van der Waals surface area contributed by atoms with Gasteiger partial charge in [-0.2, -0.15) is 0 Å². The minimum Gasteiger partial charge on any atom is -0.462 e. The van der Waals surface area contributed by atoms with Crippen molar-refractivity contribution in [1.29, 1.82) is 0 Å². The number of ether oxygens (including phenoxy) is 2. The van der Waals surface area contributed by atoms with Gasteiger partial charge in [0.05, 0.1) is 6.61 Å². The zero-order chi connectivity index (χ0) is 41.4. The molecule has 0 aromatic rings. The lowest BCUT2D eigenvalue weighted by atomic mass is 10.0. The Labute approximate surface area is 352 Å². The Balaban J connectivity index is 3.54. The van der Waals surface area contributed by atoms with Crippen LogP contribution in [0.2, 0.25) is 0 Å². The van der Waals surface area contributed by atoms with Crippen molar-refractivity contribution in [2.75, 3.05) is 13.2 Å². The molecule has 1 unspecified atom stereocenters. The minimum absolute atomic E-state index is 0.0678. The van der Waals surface area contributed by atoms with E-state index in [0.29, 0.717) is 12.8 Å². The van der Waals surface area contributed by atoms with Crippen LogP contribution in [0.4, 0.5) is 0 Å². The van der Waals surface area contributed by atoms with Gasteiger partial charge in [-0.3, -0.25) is 9.59 Å². The SMILES string of the molecule is CC/C=C\C/C=C\C/C=C\C/C=C\C/C=C\C/C=C\C/C=C\CCCCCCCCCCCCCC(=O)OC(CO)COC(=O)CCCCCCCCCCCC. The number of unbranched alkanes of at least 4 members (excludes halogenated alkanes) is 20. The van der Waals surface area contributed by atoms with E-state index >= 15 is 0 Å². The van der Waals surface area contributed by atoms with E-state index in [1.54, 1.807) is 0 Å². The molecule has 5 heteroatoms. The number of esters is 2. The minimum atomic E-state index is -0.773. The third-order valence-corrected chi connectivity index (χ3v) is 9.95. The third-order valence-electron chi connectivity index (χ3n) is 9.95. The lowest BCUT2D eigenvalue weighted by molar-refractivity contribution is -0.161. The third kappa shape index (κ3) is 45.7. The molecule has 0 spiro atoms. The fourth-order valence-electron chi connectivity index (χ4n) is 6.42. The van der Waals surface area contributed by atoms with Crippen molar-refractivity contribution in [2.45, 2.75) is 219 Å². The molecule has 0 aliphatic heterocycles. The van der Waals surface area contributed by atoms with Crippen LogP contribution in [0.5, 0.6) is 0 Å². The van der Waals surface area contributed by atoms with Gasteiger partial charge in [-0.15, -0.1) is 0 Å². The molecule has 1 N–H and O–H groups in total. The van der Waals surface area contributed by atoms with Crippen molar-refractivity contribution in [3.63, 3.8) is 0 Å². The summed E-state index contributed by atoms with van der Waals surface area (Å²) in [5, 5.41) is 9.57. The average Bonchev–Trinajstić information content (AvgIpc) is 3.21. The number of carbonyl (C=O) groups is 2.